The fourth-order valence-corrected chi connectivity index (χ4v) is 2.06. The third-order valence-corrected chi connectivity index (χ3v) is 2.53. The van der Waals surface area contributed by atoms with E-state index in [1.807, 2.05) is 6.92 Å². The van der Waals surface area contributed by atoms with Crippen LogP contribution in [0.4, 0.5) is 0 Å². The van der Waals surface area contributed by atoms with Gasteiger partial charge >= 0.3 is 0 Å². The fraction of sp³-hybridized carbons (Fsp3) is 0.636. The Morgan fingerprint density at radius 3 is 2.00 bits per heavy atom. The lowest BCUT2D eigenvalue weighted by Gasteiger charge is -2.14. The van der Waals surface area contributed by atoms with Crippen molar-refractivity contribution in [2.45, 2.75) is 46.7 Å². The fourth-order valence-electron chi connectivity index (χ4n) is 2.06. The summed E-state index contributed by atoms with van der Waals surface area (Å²) in [4.78, 5) is 0. The second kappa shape index (κ2) is 3.54. The van der Waals surface area contributed by atoms with Crippen LogP contribution in [-0.4, -0.2) is 4.57 Å². The molecule has 0 aliphatic rings. The molecule has 1 atom stereocenters. The molecule has 0 saturated carbocycles. The monoisotopic (exact) mass is 180 g/mol. The highest BCUT2D eigenvalue weighted by Gasteiger charge is 2.13. The van der Waals surface area contributed by atoms with Gasteiger partial charge in [0.15, 0.2) is 0 Å². The number of nitrogens with zero attached hydrogens (tertiary/aromatic N) is 1. The van der Waals surface area contributed by atoms with Crippen molar-refractivity contribution < 1.29 is 0 Å². The topological polar surface area (TPSA) is 30.9 Å². The van der Waals surface area contributed by atoms with Crippen LogP contribution in [0.2, 0.25) is 0 Å². The Morgan fingerprint density at radius 2 is 1.77 bits per heavy atom. The van der Waals surface area contributed by atoms with Crippen LogP contribution in [0, 0.1) is 13.8 Å². The van der Waals surface area contributed by atoms with Gasteiger partial charge in [-0.2, -0.15) is 0 Å². The highest BCUT2D eigenvalue weighted by molar-refractivity contribution is 5.29. The summed E-state index contributed by atoms with van der Waals surface area (Å²) in [6.07, 6.45) is 0. The van der Waals surface area contributed by atoms with Gasteiger partial charge in [-0.1, -0.05) is 0 Å². The molecule has 0 amide bonds. The molecule has 0 fully saturated rings. The summed E-state index contributed by atoms with van der Waals surface area (Å²) in [5.41, 5.74) is 9.77. The molecule has 1 aromatic rings. The van der Waals surface area contributed by atoms with Crippen LogP contribution >= 0.6 is 0 Å². The molecule has 1 aromatic heterocycles. The summed E-state index contributed by atoms with van der Waals surface area (Å²) in [6, 6.07) is 2.85. The molecule has 0 saturated heterocycles. The van der Waals surface area contributed by atoms with Crippen LogP contribution in [0.25, 0.3) is 0 Å². The first kappa shape index (κ1) is 10.3. The standard InChI is InChI=1S/C11H20N2/c1-7(2)13-8(3)6-11(9(4)12)10(13)5/h6-7,9H,12H2,1-5H3. The number of aromatic nitrogens is 1. The van der Waals surface area contributed by atoms with Gasteiger partial charge in [0, 0.05) is 23.5 Å². The van der Waals surface area contributed by atoms with Gasteiger partial charge in [-0.15, -0.1) is 0 Å². The molecule has 2 nitrogen and oxygen atoms in total. The minimum absolute atomic E-state index is 0.138. The van der Waals surface area contributed by atoms with E-state index in [0.29, 0.717) is 6.04 Å². The van der Waals surface area contributed by atoms with Crippen LogP contribution in [0.3, 0.4) is 0 Å². The van der Waals surface area contributed by atoms with Crippen LogP contribution in [0.1, 0.15) is 49.8 Å². The minimum atomic E-state index is 0.138. The number of rotatable bonds is 2. The van der Waals surface area contributed by atoms with Gasteiger partial charge in [0.2, 0.25) is 0 Å². The maximum Gasteiger partial charge on any atom is 0.0284 e. The molecule has 13 heavy (non-hydrogen) atoms. The predicted molar refractivity (Wildman–Crippen MR) is 56.9 cm³/mol. The zero-order valence-corrected chi connectivity index (χ0v) is 9.26. The molecule has 0 aromatic carbocycles. The normalized spacial score (nSPS) is 13.8. The first-order valence-electron chi connectivity index (χ1n) is 4.89. The lowest BCUT2D eigenvalue weighted by Crippen LogP contribution is -2.09. The van der Waals surface area contributed by atoms with E-state index in [4.69, 9.17) is 5.73 Å². The van der Waals surface area contributed by atoms with Gasteiger partial charge in [0.05, 0.1) is 0 Å². The first-order chi connectivity index (χ1) is 5.95. The number of aryl methyl sites for hydroxylation is 1. The van der Waals surface area contributed by atoms with Gasteiger partial charge in [-0.3, -0.25) is 0 Å². The Kier molecular flexibility index (Phi) is 2.81. The SMILES string of the molecule is Cc1cc(C(C)N)c(C)n1C(C)C. The summed E-state index contributed by atoms with van der Waals surface area (Å²) >= 11 is 0. The van der Waals surface area contributed by atoms with Crippen molar-refractivity contribution in [3.63, 3.8) is 0 Å². The lowest BCUT2D eigenvalue weighted by atomic mass is 10.1. The molecule has 1 unspecified atom stereocenters. The molecule has 2 N–H and O–H groups in total. The Morgan fingerprint density at radius 1 is 1.23 bits per heavy atom. The quantitative estimate of drug-likeness (QED) is 0.745. The molecule has 0 radical (unpaired) electrons. The number of nitrogens with two attached hydrogens (primary N) is 1. The van der Waals surface area contributed by atoms with E-state index in [9.17, 15) is 0 Å². The molecule has 0 aliphatic carbocycles. The van der Waals surface area contributed by atoms with Gasteiger partial charge < -0.3 is 10.3 Å². The lowest BCUT2D eigenvalue weighted by molar-refractivity contribution is 0.571. The second-order valence-corrected chi connectivity index (χ2v) is 4.08. The predicted octanol–water partition coefficient (Wildman–Crippen LogP) is 2.71. The van der Waals surface area contributed by atoms with Crippen molar-refractivity contribution in [1.82, 2.24) is 4.57 Å². The molecule has 2 heteroatoms. The number of hydrogen-bond donors (Lipinski definition) is 1. The maximum absolute atomic E-state index is 5.88. The molecule has 74 valence electrons. The van der Waals surface area contributed by atoms with Crippen molar-refractivity contribution in [3.8, 4) is 0 Å². The largest absolute Gasteiger partial charge is 0.346 e. The Bertz CT molecular complexity index is 295. The molecule has 1 rings (SSSR count). The Labute approximate surface area is 80.7 Å². The van der Waals surface area contributed by atoms with E-state index in [1.54, 1.807) is 0 Å². The molecule has 0 bridgehead atoms. The summed E-state index contributed by atoms with van der Waals surface area (Å²) in [7, 11) is 0. The van der Waals surface area contributed by atoms with Crippen molar-refractivity contribution >= 4 is 0 Å². The van der Waals surface area contributed by atoms with Gasteiger partial charge in [-0.05, 0) is 46.2 Å². The summed E-state index contributed by atoms with van der Waals surface area (Å²) in [5.74, 6) is 0. The van der Waals surface area contributed by atoms with Crippen LogP contribution in [0.5, 0.6) is 0 Å². The van der Waals surface area contributed by atoms with E-state index < -0.39 is 0 Å². The van der Waals surface area contributed by atoms with Crippen LogP contribution in [-0.2, 0) is 0 Å². The number of hydrogen-bond acceptors (Lipinski definition) is 1. The molecule has 0 aliphatic heterocycles. The molecular weight excluding hydrogens is 160 g/mol. The zero-order chi connectivity index (χ0) is 10.2. The van der Waals surface area contributed by atoms with E-state index in [2.05, 4.69) is 38.3 Å². The second-order valence-electron chi connectivity index (χ2n) is 4.08. The summed E-state index contributed by atoms with van der Waals surface area (Å²) in [6.45, 7) is 10.7. The Balaban J connectivity index is 3.22. The third kappa shape index (κ3) is 1.78. The van der Waals surface area contributed by atoms with Gasteiger partial charge in [-0.25, -0.2) is 0 Å². The van der Waals surface area contributed by atoms with E-state index in [-0.39, 0.29) is 6.04 Å². The van der Waals surface area contributed by atoms with Gasteiger partial charge in [0.25, 0.3) is 0 Å². The minimum Gasteiger partial charge on any atom is -0.346 e. The smallest absolute Gasteiger partial charge is 0.0284 e. The van der Waals surface area contributed by atoms with E-state index in [0.717, 1.165) is 0 Å². The summed E-state index contributed by atoms with van der Waals surface area (Å²) in [5, 5.41) is 0. The van der Waals surface area contributed by atoms with Crippen LogP contribution < -0.4 is 5.73 Å². The summed E-state index contributed by atoms with van der Waals surface area (Å²) < 4.78 is 2.33. The van der Waals surface area contributed by atoms with Crippen molar-refractivity contribution in [2.75, 3.05) is 0 Å². The molecule has 0 spiro atoms. The molecular formula is C11H20N2. The third-order valence-electron chi connectivity index (χ3n) is 2.53. The van der Waals surface area contributed by atoms with Crippen molar-refractivity contribution in [1.29, 1.82) is 0 Å². The highest BCUT2D eigenvalue weighted by atomic mass is 15.0. The average Bonchev–Trinajstić information content (AvgIpc) is 2.26. The van der Waals surface area contributed by atoms with E-state index >= 15 is 0 Å². The van der Waals surface area contributed by atoms with Gasteiger partial charge in [0.1, 0.15) is 0 Å². The Hall–Kier alpha value is -0.760. The maximum atomic E-state index is 5.88. The van der Waals surface area contributed by atoms with Crippen LogP contribution in [0.15, 0.2) is 6.07 Å². The molecule has 1 heterocycles. The average molecular weight is 180 g/mol. The van der Waals surface area contributed by atoms with Crippen molar-refractivity contribution in [3.05, 3.63) is 23.0 Å². The highest BCUT2D eigenvalue weighted by Crippen LogP contribution is 2.23. The first-order valence-corrected chi connectivity index (χ1v) is 4.89. The zero-order valence-electron chi connectivity index (χ0n) is 9.26. The van der Waals surface area contributed by atoms with Crippen molar-refractivity contribution in [2.24, 2.45) is 5.73 Å². The van der Waals surface area contributed by atoms with E-state index in [1.165, 1.54) is 17.0 Å².